The highest BCUT2D eigenvalue weighted by molar-refractivity contribution is 5.71. The summed E-state index contributed by atoms with van der Waals surface area (Å²) < 4.78 is 5.28. The molecule has 4 nitrogen and oxygen atoms in total. The maximum Gasteiger partial charge on any atom is 0.308 e. The Morgan fingerprint density at radius 2 is 2.31 bits per heavy atom. The van der Waals surface area contributed by atoms with Crippen LogP contribution in [0.4, 0.5) is 0 Å². The van der Waals surface area contributed by atoms with Crippen LogP contribution in [0.1, 0.15) is 6.42 Å². The van der Waals surface area contributed by atoms with Crippen LogP contribution in [0.25, 0.3) is 0 Å². The van der Waals surface area contributed by atoms with Gasteiger partial charge in [0.15, 0.2) is 0 Å². The minimum atomic E-state index is -0.665. The SMILES string of the molecule is O=C(O)C1CNCC1C1CCOC1. The van der Waals surface area contributed by atoms with E-state index >= 15 is 0 Å². The van der Waals surface area contributed by atoms with Crippen molar-refractivity contribution in [2.45, 2.75) is 6.42 Å². The number of aliphatic carboxylic acids is 1. The molecule has 74 valence electrons. The van der Waals surface area contributed by atoms with Gasteiger partial charge in [0.1, 0.15) is 0 Å². The molecule has 2 N–H and O–H groups in total. The summed E-state index contributed by atoms with van der Waals surface area (Å²) in [6.07, 6.45) is 1.02. The molecule has 0 aliphatic carbocycles. The van der Waals surface area contributed by atoms with Crippen LogP contribution in [0.5, 0.6) is 0 Å². The Hall–Kier alpha value is -0.610. The van der Waals surface area contributed by atoms with Gasteiger partial charge in [-0.2, -0.15) is 0 Å². The highest BCUT2D eigenvalue weighted by atomic mass is 16.5. The Bertz CT molecular complexity index is 201. The average molecular weight is 185 g/mol. The van der Waals surface area contributed by atoms with Crippen molar-refractivity contribution in [3.63, 3.8) is 0 Å². The maximum atomic E-state index is 10.9. The zero-order valence-electron chi connectivity index (χ0n) is 7.53. The molecule has 2 fully saturated rings. The number of hydrogen-bond donors (Lipinski definition) is 2. The van der Waals surface area contributed by atoms with Crippen LogP contribution >= 0.6 is 0 Å². The van der Waals surface area contributed by atoms with Gasteiger partial charge in [0.2, 0.25) is 0 Å². The van der Waals surface area contributed by atoms with E-state index < -0.39 is 5.97 Å². The van der Waals surface area contributed by atoms with Crippen molar-refractivity contribution in [3.8, 4) is 0 Å². The lowest BCUT2D eigenvalue weighted by atomic mass is 9.83. The Kier molecular flexibility index (Phi) is 2.51. The minimum absolute atomic E-state index is 0.202. The van der Waals surface area contributed by atoms with Gasteiger partial charge in [-0.3, -0.25) is 4.79 Å². The molecule has 3 unspecified atom stereocenters. The summed E-state index contributed by atoms with van der Waals surface area (Å²) in [6, 6.07) is 0. The van der Waals surface area contributed by atoms with Crippen LogP contribution in [0.15, 0.2) is 0 Å². The summed E-state index contributed by atoms with van der Waals surface area (Å²) in [5.41, 5.74) is 0. The van der Waals surface area contributed by atoms with E-state index in [1.807, 2.05) is 0 Å². The fraction of sp³-hybridized carbons (Fsp3) is 0.889. The van der Waals surface area contributed by atoms with Crippen molar-refractivity contribution in [2.24, 2.45) is 17.8 Å². The van der Waals surface area contributed by atoms with Crippen LogP contribution < -0.4 is 5.32 Å². The van der Waals surface area contributed by atoms with Crippen LogP contribution in [0.2, 0.25) is 0 Å². The number of carboxylic acids is 1. The first-order chi connectivity index (χ1) is 6.29. The molecule has 3 atom stereocenters. The van der Waals surface area contributed by atoms with Crippen LogP contribution in [0, 0.1) is 17.8 Å². The third-order valence-corrected chi connectivity index (χ3v) is 3.15. The Morgan fingerprint density at radius 1 is 1.46 bits per heavy atom. The molecule has 2 rings (SSSR count). The summed E-state index contributed by atoms with van der Waals surface area (Å²) in [6.45, 7) is 3.01. The molecular formula is C9H15NO3. The van der Waals surface area contributed by atoms with Crippen molar-refractivity contribution in [1.29, 1.82) is 0 Å². The molecule has 0 bridgehead atoms. The third-order valence-electron chi connectivity index (χ3n) is 3.15. The highest BCUT2D eigenvalue weighted by Gasteiger charge is 2.39. The van der Waals surface area contributed by atoms with E-state index in [4.69, 9.17) is 9.84 Å². The second-order valence-electron chi connectivity index (χ2n) is 3.89. The molecule has 0 aromatic carbocycles. The summed E-state index contributed by atoms with van der Waals surface area (Å²) in [7, 11) is 0. The number of nitrogens with one attached hydrogen (secondary N) is 1. The van der Waals surface area contributed by atoms with Crippen molar-refractivity contribution in [2.75, 3.05) is 26.3 Å². The first-order valence-electron chi connectivity index (χ1n) is 4.80. The van der Waals surface area contributed by atoms with Gasteiger partial charge in [0, 0.05) is 19.8 Å². The van der Waals surface area contributed by atoms with E-state index in [9.17, 15) is 4.79 Å². The molecule has 2 saturated heterocycles. The second-order valence-corrected chi connectivity index (χ2v) is 3.89. The van der Waals surface area contributed by atoms with Gasteiger partial charge in [-0.15, -0.1) is 0 Å². The quantitative estimate of drug-likeness (QED) is 0.633. The van der Waals surface area contributed by atoms with Crippen molar-refractivity contribution in [3.05, 3.63) is 0 Å². The molecule has 2 aliphatic rings. The van der Waals surface area contributed by atoms with Crippen LogP contribution in [-0.2, 0) is 9.53 Å². The Morgan fingerprint density at radius 3 is 2.92 bits per heavy atom. The number of ether oxygens (including phenoxy) is 1. The number of hydrogen-bond acceptors (Lipinski definition) is 3. The first kappa shape index (κ1) is 8.97. The zero-order valence-corrected chi connectivity index (χ0v) is 7.53. The van der Waals surface area contributed by atoms with Crippen molar-refractivity contribution >= 4 is 5.97 Å². The molecule has 13 heavy (non-hydrogen) atoms. The average Bonchev–Trinajstić information content (AvgIpc) is 2.74. The Balaban J connectivity index is 2.00. The van der Waals surface area contributed by atoms with E-state index in [2.05, 4.69) is 5.32 Å². The Labute approximate surface area is 77.3 Å². The smallest absolute Gasteiger partial charge is 0.308 e. The number of carbonyl (C=O) groups is 1. The van der Waals surface area contributed by atoms with E-state index in [1.165, 1.54) is 0 Å². The fourth-order valence-electron chi connectivity index (χ4n) is 2.36. The standard InChI is InChI=1S/C9H15NO3/c11-9(12)8-4-10-3-7(8)6-1-2-13-5-6/h6-8,10H,1-5H2,(H,11,12). The van der Waals surface area contributed by atoms with Gasteiger partial charge in [-0.05, 0) is 24.8 Å². The topological polar surface area (TPSA) is 58.6 Å². The summed E-state index contributed by atoms with van der Waals surface area (Å²) in [5.74, 6) is -0.135. The van der Waals surface area contributed by atoms with Gasteiger partial charge < -0.3 is 15.2 Å². The van der Waals surface area contributed by atoms with Gasteiger partial charge in [-0.25, -0.2) is 0 Å². The van der Waals surface area contributed by atoms with E-state index in [1.54, 1.807) is 0 Å². The minimum Gasteiger partial charge on any atom is -0.481 e. The third kappa shape index (κ3) is 1.69. The lowest BCUT2D eigenvalue weighted by molar-refractivity contribution is -0.142. The highest BCUT2D eigenvalue weighted by Crippen LogP contribution is 2.30. The molecule has 0 amide bonds. The second kappa shape index (κ2) is 3.64. The predicted octanol–water partition coefficient (Wildman–Crippen LogP) is -0.0569. The molecular weight excluding hydrogens is 170 g/mol. The molecule has 0 radical (unpaired) electrons. The van der Waals surface area contributed by atoms with Crippen molar-refractivity contribution in [1.82, 2.24) is 5.32 Å². The number of rotatable bonds is 2. The van der Waals surface area contributed by atoms with Crippen molar-refractivity contribution < 1.29 is 14.6 Å². The normalized spacial score (nSPS) is 39.5. The summed E-state index contributed by atoms with van der Waals surface area (Å²) in [4.78, 5) is 10.9. The monoisotopic (exact) mass is 185 g/mol. The molecule has 0 aromatic heterocycles. The molecule has 0 aromatic rings. The number of carboxylic acid groups (broad SMARTS) is 1. The lowest BCUT2D eigenvalue weighted by Gasteiger charge is -2.19. The fourth-order valence-corrected chi connectivity index (χ4v) is 2.36. The lowest BCUT2D eigenvalue weighted by Crippen LogP contribution is -2.28. The van der Waals surface area contributed by atoms with E-state index in [-0.39, 0.29) is 11.8 Å². The van der Waals surface area contributed by atoms with E-state index in [0.717, 1.165) is 26.2 Å². The molecule has 2 aliphatic heterocycles. The molecule has 0 saturated carbocycles. The van der Waals surface area contributed by atoms with Crippen LogP contribution in [0.3, 0.4) is 0 Å². The zero-order chi connectivity index (χ0) is 9.26. The summed E-state index contributed by atoms with van der Waals surface area (Å²) in [5, 5.41) is 12.1. The largest absolute Gasteiger partial charge is 0.481 e. The first-order valence-corrected chi connectivity index (χ1v) is 4.80. The van der Waals surface area contributed by atoms with Crippen LogP contribution in [-0.4, -0.2) is 37.4 Å². The molecule has 2 heterocycles. The molecule has 4 heteroatoms. The van der Waals surface area contributed by atoms with Gasteiger partial charge >= 0.3 is 5.97 Å². The van der Waals surface area contributed by atoms with E-state index in [0.29, 0.717) is 12.5 Å². The van der Waals surface area contributed by atoms with Gasteiger partial charge in [0.25, 0.3) is 0 Å². The summed E-state index contributed by atoms with van der Waals surface area (Å²) >= 11 is 0. The van der Waals surface area contributed by atoms with Gasteiger partial charge in [0.05, 0.1) is 5.92 Å². The van der Waals surface area contributed by atoms with Gasteiger partial charge in [-0.1, -0.05) is 0 Å². The maximum absolute atomic E-state index is 10.9. The predicted molar refractivity (Wildman–Crippen MR) is 46.4 cm³/mol. The molecule has 0 spiro atoms.